The Bertz CT molecular complexity index is 625. The van der Waals surface area contributed by atoms with E-state index in [2.05, 4.69) is 10.1 Å². The van der Waals surface area contributed by atoms with Gasteiger partial charge in [0.25, 0.3) is 5.91 Å². The van der Waals surface area contributed by atoms with E-state index in [0.717, 1.165) is 6.26 Å². The highest BCUT2D eigenvalue weighted by molar-refractivity contribution is 7.90. The van der Waals surface area contributed by atoms with E-state index in [-0.39, 0.29) is 29.1 Å². The van der Waals surface area contributed by atoms with Gasteiger partial charge in [0.2, 0.25) is 0 Å². The molecule has 7 nitrogen and oxygen atoms in total. The number of sulfone groups is 1. The number of ether oxygens (including phenoxy) is 1. The second kappa shape index (κ2) is 6.38. The van der Waals surface area contributed by atoms with Crippen LogP contribution in [-0.2, 0) is 19.4 Å². The van der Waals surface area contributed by atoms with Crippen molar-refractivity contribution in [2.24, 2.45) is 0 Å². The molecule has 0 bridgehead atoms. The zero-order valence-electron chi connectivity index (χ0n) is 11.2. The van der Waals surface area contributed by atoms with Gasteiger partial charge in [0.1, 0.15) is 0 Å². The average molecular weight is 300 g/mol. The van der Waals surface area contributed by atoms with Gasteiger partial charge in [-0.3, -0.25) is 9.59 Å². The molecule has 110 valence electrons. The molecule has 1 rings (SSSR count). The van der Waals surface area contributed by atoms with Gasteiger partial charge in [-0.1, -0.05) is 0 Å². The molecule has 0 spiro atoms. The fraction of sp³-hybridized carbons (Fsp3) is 0.333. The van der Waals surface area contributed by atoms with E-state index >= 15 is 0 Å². The summed E-state index contributed by atoms with van der Waals surface area (Å²) in [6.45, 7) is 0.0918. The lowest BCUT2D eigenvalue weighted by molar-refractivity contribution is -0.140. The van der Waals surface area contributed by atoms with Crippen molar-refractivity contribution in [2.45, 2.75) is 11.3 Å². The van der Waals surface area contributed by atoms with Crippen LogP contribution in [0.1, 0.15) is 16.8 Å². The molecule has 8 heteroatoms. The number of esters is 1. The number of benzene rings is 1. The molecule has 0 atom stereocenters. The first kappa shape index (κ1) is 16.0. The normalized spacial score (nSPS) is 10.9. The molecule has 0 heterocycles. The molecule has 3 N–H and O–H groups in total. The highest BCUT2D eigenvalue weighted by atomic mass is 32.2. The minimum absolute atomic E-state index is 0.0312. The van der Waals surface area contributed by atoms with Crippen molar-refractivity contribution in [1.82, 2.24) is 5.32 Å². The summed E-state index contributed by atoms with van der Waals surface area (Å²) in [5.74, 6) is -0.958. The Labute approximate surface area is 117 Å². The molecule has 1 amide bonds. The zero-order valence-corrected chi connectivity index (χ0v) is 12.0. The smallest absolute Gasteiger partial charge is 0.307 e. The van der Waals surface area contributed by atoms with Crippen LogP contribution in [0.5, 0.6) is 0 Å². The third kappa shape index (κ3) is 4.54. The fourth-order valence-corrected chi connectivity index (χ4v) is 2.14. The average Bonchev–Trinajstić information content (AvgIpc) is 2.36. The van der Waals surface area contributed by atoms with Gasteiger partial charge >= 0.3 is 5.97 Å². The Kier molecular flexibility index (Phi) is 5.09. The van der Waals surface area contributed by atoms with Gasteiger partial charge in [0, 0.05) is 24.1 Å². The topological polar surface area (TPSA) is 116 Å². The lowest BCUT2D eigenvalue weighted by Gasteiger charge is -2.07. The van der Waals surface area contributed by atoms with E-state index in [1.54, 1.807) is 0 Å². The summed E-state index contributed by atoms with van der Waals surface area (Å²) >= 11 is 0. The van der Waals surface area contributed by atoms with E-state index in [1.165, 1.54) is 25.3 Å². The van der Waals surface area contributed by atoms with Crippen LogP contribution in [-0.4, -0.2) is 40.2 Å². The van der Waals surface area contributed by atoms with E-state index < -0.39 is 21.7 Å². The molecule has 1 aromatic carbocycles. The highest BCUT2D eigenvalue weighted by Crippen LogP contribution is 2.16. The molecule has 0 aliphatic carbocycles. The number of rotatable bonds is 5. The number of methoxy groups -OCH3 is 1. The Balaban J connectivity index is 2.83. The van der Waals surface area contributed by atoms with Crippen molar-refractivity contribution >= 4 is 27.4 Å². The summed E-state index contributed by atoms with van der Waals surface area (Å²) in [6, 6.07) is 3.88. The molecule has 0 unspecified atom stereocenters. The molecule has 0 saturated carbocycles. The zero-order chi connectivity index (χ0) is 15.3. The number of hydrogen-bond donors (Lipinski definition) is 2. The number of amides is 1. The summed E-state index contributed by atoms with van der Waals surface area (Å²) in [5.41, 5.74) is 5.87. The van der Waals surface area contributed by atoms with Gasteiger partial charge in [-0.25, -0.2) is 8.42 Å². The third-order valence-corrected chi connectivity index (χ3v) is 3.55. The molecular weight excluding hydrogens is 284 g/mol. The van der Waals surface area contributed by atoms with E-state index in [0.29, 0.717) is 0 Å². The third-order valence-electron chi connectivity index (χ3n) is 2.46. The number of carbonyl (C=O) groups excluding carboxylic acids is 2. The molecule has 20 heavy (non-hydrogen) atoms. The Morgan fingerprint density at radius 1 is 1.30 bits per heavy atom. The summed E-state index contributed by atoms with van der Waals surface area (Å²) in [6.07, 6.45) is 1.06. The maximum Gasteiger partial charge on any atom is 0.307 e. The van der Waals surface area contributed by atoms with Crippen LogP contribution in [0.3, 0.4) is 0 Å². The molecule has 0 aromatic heterocycles. The maximum absolute atomic E-state index is 11.8. The second-order valence-electron chi connectivity index (χ2n) is 4.14. The van der Waals surface area contributed by atoms with Gasteiger partial charge in [-0.2, -0.15) is 0 Å². The minimum atomic E-state index is -3.45. The summed E-state index contributed by atoms with van der Waals surface area (Å²) < 4.78 is 27.3. The van der Waals surface area contributed by atoms with Crippen LogP contribution in [0.2, 0.25) is 0 Å². The van der Waals surface area contributed by atoms with Crippen molar-refractivity contribution in [1.29, 1.82) is 0 Å². The first-order chi connectivity index (χ1) is 9.24. The standard InChI is InChI=1S/C12H16N2O5S/c1-19-11(15)3-4-14-12(16)8-5-9(13)7-10(6-8)20(2,17)18/h5-7H,3-4,13H2,1-2H3,(H,14,16). The predicted octanol–water partition coefficient (Wildman–Crippen LogP) is -0.0348. The second-order valence-corrected chi connectivity index (χ2v) is 6.16. The van der Waals surface area contributed by atoms with Crippen molar-refractivity contribution in [3.8, 4) is 0 Å². The Hall–Kier alpha value is -2.09. The largest absolute Gasteiger partial charge is 0.469 e. The van der Waals surface area contributed by atoms with Crippen molar-refractivity contribution < 1.29 is 22.7 Å². The molecule has 0 radical (unpaired) electrons. The first-order valence-electron chi connectivity index (χ1n) is 5.69. The highest BCUT2D eigenvalue weighted by Gasteiger charge is 2.13. The summed E-state index contributed by atoms with van der Waals surface area (Å²) in [4.78, 5) is 22.7. The first-order valence-corrected chi connectivity index (χ1v) is 7.59. The van der Waals surface area contributed by atoms with Crippen LogP contribution < -0.4 is 11.1 Å². The number of anilines is 1. The van der Waals surface area contributed by atoms with Crippen LogP contribution in [0.15, 0.2) is 23.1 Å². The van der Waals surface area contributed by atoms with Crippen molar-refractivity contribution in [3.05, 3.63) is 23.8 Å². The van der Waals surface area contributed by atoms with Gasteiger partial charge < -0.3 is 15.8 Å². The van der Waals surface area contributed by atoms with Gasteiger partial charge in [-0.05, 0) is 18.2 Å². The Morgan fingerprint density at radius 3 is 2.50 bits per heavy atom. The van der Waals surface area contributed by atoms with Crippen molar-refractivity contribution in [3.63, 3.8) is 0 Å². The van der Waals surface area contributed by atoms with Crippen LogP contribution in [0, 0.1) is 0 Å². The van der Waals surface area contributed by atoms with Crippen LogP contribution in [0.25, 0.3) is 0 Å². The number of nitrogens with two attached hydrogens (primary N) is 1. The van der Waals surface area contributed by atoms with Gasteiger partial charge in [-0.15, -0.1) is 0 Å². The molecule has 1 aromatic rings. The molecule has 0 saturated heterocycles. The lowest BCUT2D eigenvalue weighted by atomic mass is 10.2. The quantitative estimate of drug-likeness (QED) is 0.582. The fourth-order valence-electron chi connectivity index (χ4n) is 1.45. The van der Waals surface area contributed by atoms with Gasteiger partial charge in [0.05, 0.1) is 18.4 Å². The summed E-state index contributed by atoms with van der Waals surface area (Å²) in [5, 5.41) is 2.48. The molecule has 0 aliphatic rings. The van der Waals surface area contributed by atoms with E-state index in [9.17, 15) is 18.0 Å². The molecular formula is C12H16N2O5S. The Morgan fingerprint density at radius 2 is 1.95 bits per heavy atom. The number of carbonyl (C=O) groups is 2. The van der Waals surface area contributed by atoms with E-state index in [1.807, 2.05) is 0 Å². The SMILES string of the molecule is COC(=O)CCNC(=O)c1cc(N)cc(S(C)(=O)=O)c1. The van der Waals surface area contributed by atoms with Crippen LogP contribution >= 0.6 is 0 Å². The maximum atomic E-state index is 11.8. The number of nitrogens with one attached hydrogen (secondary N) is 1. The number of nitrogen functional groups attached to an aromatic ring is 1. The molecule has 0 fully saturated rings. The van der Waals surface area contributed by atoms with Crippen LogP contribution in [0.4, 0.5) is 5.69 Å². The predicted molar refractivity (Wildman–Crippen MR) is 72.9 cm³/mol. The number of hydrogen-bond acceptors (Lipinski definition) is 6. The lowest BCUT2D eigenvalue weighted by Crippen LogP contribution is -2.26. The summed E-state index contributed by atoms with van der Waals surface area (Å²) in [7, 11) is -2.20. The monoisotopic (exact) mass is 300 g/mol. The minimum Gasteiger partial charge on any atom is -0.469 e. The van der Waals surface area contributed by atoms with Crippen molar-refractivity contribution in [2.75, 3.05) is 25.6 Å². The molecule has 0 aliphatic heterocycles. The van der Waals surface area contributed by atoms with E-state index in [4.69, 9.17) is 5.73 Å². The van der Waals surface area contributed by atoms with Gasteiger partial charge in [0.15, 0.2) is 9.84 Å².